The fourth-order valence-electron chi connectivity index (χ4n) is 1.42. The monoisotopic (exact) mass is 245 g/mol. The molecule has 94 valence electrons. The van der Waals surface area contributed by atoms with Gasteiger partial charge in [-0.05, 0) is 37.0 Å². The Labute approximate surface area is 97.6 Å². The lowest BCUT2D eigenvalue weighted by Crippen LogP contribution is -2.06. The summed E-state index contributed by atoms with van der Waals surface area (Å²) in [5, 5.41) is 16.3. The Hall–Kier alpha value is -1.36. The van der Waals surface area contributed by atoms with Gasteiger partial charge >= 0.3 is 6.18 Å². The van der Waals surface area contributed by atoms with Crippen molar-refractivity contribution in [1.82, 2.24) is 0 Å². The molecule has 0 amide bonds. The van der Waals surface area contributed by atoms with Crippen molar-refractivity contribution in [2.24, 2.45) is 0 Å². The number of aliphatic hydroxyl groups is 1. The average Bonchev–Trinajstić information content (AvgIpc) is 2.28. The van der Waals surface area contributed by atoms with Crippen LogP contribution in [-0.4, -0.2) is 17.4 Å². The summed E-state index contributed by atoms with van der Waals surface area (Å²) in [7, 11) is 0. The first kappa shape index (κ1) is 13.7. The number of hydrogen-bond donors (Lipinski definition) is 2. The zero-order chi connectivity index (χ0) is 12.9. The third-order valence-corrected chi connectivity index (χ3v) is 2.40. The zero-order valence-electron chi connectivity index (χ0n) is 9.22. The number of alkyl halides is 3. The molecule has 1 aromatic rings. The predicted molar refractivity (Wildman–Crippen MR) is 59.2 cm³/mol. The topological polar surface area (TPSA) is 44.1 Å². The van der Waals surface area contributed by atoms with Crippen molar-refractivity contribution in [3.63, 3.8) is 0 Å². The van der Waals surface area contributed by atoms with Crippen molar-refractivity contribution in [2.45, 2.75) is 25.4 Å². The fraction of sp³-hybridized carbons (Fsp3) is 0.417. The standard InChI is InChI=1S/C12H14F3NO/c13-12(14,15)10-6-4-9(5-7-10)11(16)3-1-2-8-17/h4-7,16-17H,1-3,8H2. The summed E-state index contributed by atoms with van der Waals surface area (Å²) in [4.78, 5) is 0. The highest BCUT2D eigenvalue weighted by Crippen LogP contribution is 2.29. The van der Waals surface area contributed by atoms with Crippen molar-refractivity contribution in [3.8, 4) is 0 Å². The Balaban J connectivity index is 2.64. The Morgan fingerprint density at radius 1 is 1.12 bits per heavy atom. The third kappa shape index (κ3) is 4.19. The minimum Gasteiger partial charge on any atom is -0.396 e. The molecule has 2 nitrogen and oxygen atoms in total. The Kier molecular flexibility index (Phi) is 4.69. The average molecular weight is 245 g/mol. The van der Waals surface area contributed by atoms with Crippen LogP contribution in [0.15, 0.2) is 24.3 Å². The van der Waals surface area contributed by atoms with Gasteiger partial charge in [-0.2, -0.15) is 13.2 Å². The van der Waals surface area contributed by atoms with E-state index in [1.807, 2.05) is 0 Å². The summed E-state index contributed by atoms with van der Waals surface area (Å²) in [6, 6.07) is 4.58. The van der Waals surface area contributed by atoms with Gasteiger partial charge in [0.25, 0.3) is 0 Å². The molecule has 0 bridgehead atoms. The van der Waals surface area contributed by atoms with Crippen molar-refractivity contribution >= 4 is 5.71 Å². The number of aliphatic hydroxyl groups excluding tert-OH is 1. The van der Waals surface area contributed by atoms with Gasteiger partial charge in [-0.15, -0.1) is 0 Å². The van der Waals surface area contributed by atoms with Gasteiger partial charge in [0.15, 0.2) is 0 Å². The van der Waals surface area contributed by atoms with Crippen molar-refractivity contribution in [1.29, 1.82) is 5.41 Å². The highest BCUT2D eigenvalue weighted by Gasteiger charge is 2.29. The highest BCUT2D eigenvalue weighted by molar-refractivity contribution is 5.98. The van der Waals surface area contributed by atoms with Gasteiger partial charge in [-0.25, -0.2) is 0 Å². The van der Waals surface area contributed by atoms with E-state index in [9.17, 15) is 13.2 Å². The van der Waals surface area contributed by atoms with Crippen LogP contribution < -0.4 is 0 Å². The molecule has 1 rings (SSSR count). The van der Waals surface area contributed by atoms with Gasteiger partial charge < -0.3 is 10.5 Å². The number of nitrogens with one attached hydrogen (secondary N) is 1. The summed E-state index contributed by atoms with van der Waals surface area (Å²) >= 11 is 0. The third-order valence-electron chi connectivity index (χ3n) is 2.40. The number of rotatable bonds is 5. The maximum Gasteiger partial charge on any atom is 0.416 e. The second-order valence-corrected chi connectivity index (χ2v) is 3.73. The molecule has 0 unspecified atom stereocenters. The molecule has 0 aliphatic heterocycles. The zero-order valence-corrected chi connectivity index (χ0v) is 9.22. The van der Waals surface area contributed by atoms with E-state index >= 15 is 0 Å². The molecular weight excluding hydrogens is 231 g/mol. The molecule has 1 aromatic carbocycles. The SMILES string of the molecule is N=C(CCCCO)c1ccc(C(F)(F)F)cc1. The van der Waals surface area contributed by atoms with Gasteiger partial charge in [-0.3, -0.25) is 0 Å². The first-order valence-electron chi connectivity index (χ1n) is 5.31. The predicted octanol–water partition coefficient (Wildman–Crippen LogP) is 3.24. The maximum atomic E-state index is 12.3. The van der Waals surface area contributed by atoms with E-state index in [-0.39, 0.29) is 6.61 Å². The molecule has 5 heteroatoms. The molecule has 0 heterocycles. The van der Waals surface area contributed by atoms with Gasteiger partial charge in [0.1, 0.15) is 0 Å². The summed E-state index contributed by atoms with van der Waals surface area (Å²) in [6.45, 7) is 0.0697. The second-order valence-electron chi connectivity index (χ2n) is 3.73. The quantitative estimate of drug-likeness (QED) is 0.607. The lowest BCUT2D eigenvalue weighted by Gasteiger charge is -2.08. The van der Waals surface area contributed by atoms with E-state index in [1.165, 1.54) is 12.1 Å². The van der Waals surface area contributed by atoms with Crippen molar-refractivity contribution < 1.29 is 18.3 Å². The summed E-state index contributed by atoms with van der Waals surface area (Å²) in [6.07, 6.45) is -2.61. The highest BCUT2D eigenvalue weighted by atomic mass is 19.4. The fourth-order valence-corrected chi connectivity index (χ4v) is 1.42. The Morgan fingerprint density at radius 2 is 1.71 bits per heavy atom. The summed E-state index contributed by atoms with van der Waals surface area (Å²) < 4.78 is 36.9. The molecule has 0 radical (unpaired) electrons. The van der Waals surface area contributed by atoms with Crippen LogP contribution in [0.1, 0.15) is 30.4 Å². The first-order chi connectivity index (χ1) is 7.95. The smallest absolute Gasteiger partial charge is 0.396 e. The van der Waals surface area contributed by atoms with E-state index in [0.717, 1.165) is 12.1 Å². The van der Waals surface area contributed by atoms with E-state index in [1.54, 1.807) is 0 Å². The van der Waals surface area contributed by atoms with Gasteiger partial charge in [0.2, 0.25) is 0 Å². The number of benzene rings is 1. The van der Waals surface area contributed by atoms with E-state index in [2.05, 4.69) is 0 Å². The molecule has 0 aromatic heterocycles. The molecule has 17 heavy (non-hydrogen) atoms. The molecule has 2 N–H and O–H groups in total. The van der Waals surface area contributed by atoms with Gasteiger partial charge in [0, 0.05) is 12.3 Å². The lowest BCUT2D eigenvalue weighted by atomic mass is 10.0. The molecule has 0 atom stereocenters. The second kappa shape index (κ2) is 5.82. The molecule has 0 fully saturated rings. The van der Waals surface area contributed by atoms with Crippen LogP contribution in [-0.2, 0) is 6.18 Å². The van der Waals surface area contributed by atoms with E-state index < -0.39 is 11.7 Å². The lowest BCUT2D eigenvalue weighted by molar-refractivity contribution is -0.137. The molecule has 0 saturated carbocycles. The van der Waals surface area contributed by atoms with Crippen LogP contribution in [0, 0.1) is 5.41 Å². The van der Waals surface area contributed by atoms with Crippen LogP contribution in [0.2, 0.25) is 0 Å². The molecular formula is C12H14F3NO. The van der Waals surface area contributed by atoms with Crippen molar-refractivity contribution in [3.05, 3.63) is 35.4 Å². The van der Waals surface area contributed by atoms with Crippen LogP contribution in [0.3, 0.4) is 0 Å². The minimum absolute atomic E-state index is 0.0697. The number of hydrogen-bond acceptors (Lipinski definition) is 2. The Bertz CT molecular complexity index is 370. The normalized spacial score (nSPS) is 11.5. The maximum absolute atomic E-state index is 12.3. The number of unbranched alkanes of at least 4 members (excludes halogenated alkanes) is 1. The van der Waals surface area contributed by atoms with E-state index in [0.29, 0.717) is 30.5 Å². The molecule has 0 saturated heterocycles. The number of halogens is 3. The van der Waals surface area contributed by atoms with Crippen LogP contribution in [0.5, 0.6) is 0 Å². The van der Waals surface area contributed by atoms with Gasteiger partial charge in [0.05, 0.1) is 5.56 Å². The van der Waals surface area contributed by atoms with Crippen LogP contribution in [0.25, 0.3) is 0 Å². The largest absolute Gasteiger partial charge is 0.416 e. The van der Waals surface area contributed by atoms with Crippen LogP contribution in [0.4, 0.5) is 13.2 Å². The molecule has 0 aliphatic rings. The minimum atomic E-state index is -4.34. The van der Waals surface area contributed by atoms with E-state index in [4.69, 9.17) is 10.5 Å². The Morgan fingerprint density at radius 3 is 2.18 bits per heavy atom. The van der Waals surface area contributed by atoms with Crippen molar-refractivity contribution in [2.75, 3.05) is 6.61 Å². The first-order valence-corrected chi connectivity index (χ1v) is 5.31. The summed E-state index contributed by atoms with van der Waals surface area (Å²) in [5.41, 5.74) is 0.0903. The van der Waals surface area contributed by atoms with Gasteiger partial charge in [-0.1, -0.05) is 12.1 Å². The molecule has 0 spiro atoms. The van der Waals surface area contributed by atoms with Crippen LogP contribution >= 0.6 is 0 Å². The summed E-state index contributed by atoms with van der Waals surface area (Å²) in [5.74, 6) is 0. The molecule has 0 aliphatic carbocycles.